The summed E-state index contributed by atoms with van der Waals surface area (Å²) in [5.74, 6) is -0.195. The summed E-state index contributed by atoms with van der Waals surface area (Å²) in [6, 6.07) is 0. The molecule has 4 rings (SSSR count). The van der Waals surface area contributed by atoms with Crippen LogP contribution in [0.5, 0.6) is 0 Å². The fraction of sp³-hybridized carbons (Fsp3) is 0.714. The lowest BCUT2D eigenvalue weighted by Gasteiger charge is -2.59. The van der Waals surface area contributed by atoms with Crippen molar-refractivity contribution in [2.75, 3.05) is 6.61 Å². The van der Waals surface area contributed by atoms with Gasteiger partial charge in [0, 0.05) is 16.7 Å². The first-order valence-electron chi connectivity index (χ1n) is 10.2. The second-order valence-electron chi connectivity index (χ2n) is 9.56. The van der Waals surface area contributed by atoms with Crippen molar-refractivity contribution in [2.24, 2.45) is 38.9 Å². The van der Waals surface area contributed by atoms with Crippen LogP contribution in [0.4, 0.5) is 0 Å². The average molecular weight is 406 g/mol. The molecule has 0 heterocycles. The number of nitrogens with zero attached hydrogens (tertiary/aromatic N) is 2. The predicted molar refractivity (Wildman–Crippen MR) is 105 cm³/mol. The molecule has 0 saturated heterocycles. The average Bonchev–Trinajstić information content (AvgIpc) is 2.89. The van der Waals surface area contributed by atoms with E-state index in [1.54, 1.807) is 6.08 Å². The molecular formula is C21H30N2O6. The Morgan fingerprint density at radius 3 is 2.59 bits per heavy atom. The maximum atomic E-state index is 11.5. The van der Waals surface area contributed by atoms with Crippen molar-refractivity contribution in [1.29, 1.82) is 0 Å². The SMILES string of the molecule is C[C@]12C=C/C(=N/O)C=C1CC[C@@H]1[C@@H]2[C@@H](O)C[C@@]2(C)[C@H]1C[C@@H](O)[C@]2(O)/C(CO)=N\O. The van der Waals surface area contributed by atoms with Crippen molar-refractivity contribution in [1.82, 2.24) is 0 Å². The molecule has 8 nitrogen and oxygen atoms in total. The van der Waals surface area contributed by atoms with Gasteiger partial charge in [-0.2, -0.15) is 0 Å². The second-order valence-corrected chi connectivity index (χ2v) is 9.56. The quantitative estimate of drug-likeness (QED) is 0.230. The first-order valence-corrected chi connectivity index (χ1v) is 10.2. The van der Waals surface area contributed by atoms with Crippen LogP contribution in [-0.2, 0) is 0 Å². The zero-order valence-corrected chi connectivity index (χ0v) is 16.7. The predicted octanol–water partition coefficient (Wildman–Crippen LogP) is 1.05. The van der Waals surface area contributed by atoms with Crippen LogP contribution in [0.3, 0.4) is 0 Å². The van der Waals surface area contributed by atoms with Crippen LogP contribution < -0.4 is 0 Å². The summed E-state index contributed by atoms with van der Waals surface area (Å²) in [5.41, 5.74) is -1.91. The highest BCUT2D eigenvalue weighted by atomic mass is 16.4. The first-order chi connectivity index (χ1) is 13.7. The van der Waals surface area contributed by atoms with Crippen molar-refractivity contribution in [3.8, 4) is 0 Å². The van der Waals surface area contributed by atoms with E-state index in [0.29, 0.717) is 12.1 Å². The Morgan fingerprint density at radius 1 is 1.24 bits per heavy atom. The van der Waals surface area contributed by atoms with E-state index in [4.69, 9.17) is 5.21 Å². The topological polar surface area (TPSA) is 146 Å². The molecule has 6 N–H and O–H groups in total. The summed E-state index contributed by atoms with van der Waals surface area (Å²) in [7, 11) is 0. The molecule has 3 fully saturated rings. The lowest BCUT2D eigenvalue weighted by Crippen LogP contribution is -2.63. The highest BCUT2D eigenvalue weighted by molar-refractivity contribution is 6.05. The molecule has 8 heteroatoms. The van der Waals surface area contributed by atoms with Gasteiger partial charge in [-0.25, -0.2) is 0 Å². The number of oxime groups is 2. The largest absolute Gasteiger partial charge is 0.411 e. The Morgan fingerprint density at radius 2 is 1.97 bits per heavy atom. The number of aliphatic hydroxyl groups excluding tert-OH is 3. The molecule has 0 aromatic rings. The van der Waals surface area contributed by atoms with Gasteiger partial charge in [0.15, 0.2) is 0 Å². The Kier molecular flexibility index (Phi) is 4.70. The fourth-order valence-electron chi connectivity index (χ4n) is 7.16. The van der Waals surface area contributed by atoms with Gasteiger partial charge in [0.1, 0.15) is 17.0 Å². The van der Waals surface area contributed by atoms with Gasteiger partial charge >= 0.3 is 0 Å². The van der Waals surface area contributed by atoms with Crippen molar-refractivity contribution in [2.45, 2.75) is 57.3 Å². The van der Waals surface area contributed by atoms with Gasteiger partial charge in [-0.1, -0.05) is 35.8 Å². The maximum Gasteiger partial charge on any atom is 0.140 e. The van der Waals surface area contributed by atoms with Gasteiger partial charge < -0.3 is 30.8 Å². The minimum Gasteiger partial charge on any atom is -0.411 e. The highest BCUT2D eigenvalue weighted by Crippen LogP contribution is 2.67. The molecule has 0 unspecified atom stereocenters. The van der Waals surface area contributed by atoms with Crippen molar-refractivity contribution in [3.05, 3.63) is 23.8 Å². The summed E-state index contributed by atoms with van der Waals surface area (Å²) in [6.07, 6.45) is 5.72. The summed E-state index contributed by atoms with van der Waals surface area (Å²) < 4.78 is 0. The van der Waals surface area contributed by atoms with E-state index in [0.717, 1.165) is 18.4 Å². The van der Waals surface area contributed by atoms with Crippen LogP contribution in [-0.4, -0.2) is 66.7 Å². The molecule has 0 bridgehead atoms. The number of fused-ring (bicyclic) bond motifs is 5. The summed E-state index contributed by atoms with van der Waals surface area (Å²) in [5, 5.41) is 68.1. The normalized spacial score (nSPS) is 50.7. The number of hydrogen-bond donors (Lipinski definition) is 6. The van der Waals surface area contributed by atoms with E-state index in [1.165, 1.54) is 0 Å². The third kappa shape index (κ3) is 2.46. The third-order valence-electron chi connectivity index (χ3n) is 8.55. The highest BCUT2D eigenvalue weighted by Gasteiger charge is 2.70. The molecule has 3 saturated carbocycles. The Balaban J connectivity index is 1.77. The number of hydrogen-bond acceptors (Lipinski definition) is 8. The lowest BCUT2D eigenvalue weighted by atomic mass is 9.46. The van der Waals surface area contributed by atoms with Gasteiger partial charge in [-0.05, 0) is 49.7 Å². The minimum atomic E-state index is -1.90. The molecule has 0 aromatic carbocycles. The number of rotatable bonds is 2. The summed E-state index contributed by atoms with van der Waals surface area (Å²) in [6.45, 7) is 3.22. The van der Waals surface area contributed by atoms with E-state index in [-0.39, 0.29) is 29.9 Å². The van der Waals surface area contributed by atoms with Gasteiger partial charge in [0.2, 0.25) is 0 Å². The third-order valence-corrected chi connectivity index (χ3v) is 8.55. The number of aliphatic hydroxyl groups is 4. The van der Waals surface area contributed by atoms with Crippen LogP contribution in [0, 0.1) is 28.6 Å². The molecule has 4 aliphatic carbocycles. The minimum absolute atomic E-state index is 0.0328. The Hall–Kier alpha value is -1.74. The molecule has 0 radical (unpaired) electrons. The summed E-state index contributed by atoms with van der Waals surface area (Å²) >= 11 is 0. The standard InChI is InChI=1S/C21H30N2O6/c1-19-6-5-12(22-28)7-11(19)3-4-13-14-8-17(26)21(27,16(10-24)23-29)20(14,2)9-15(25)18(13)19/h5-7,13-15,17-18,24-29H,3-4,8-10H2,1-2H3/b22-12-,23-16-/t13-,14-,15-,17+,18+,19-,20-,21+/m0/s1. The molecule has 4 aliphatic rings. The monoisotopic (exact) mass is 406 g/mol. The zero-order chi connectivity index (χ0) is 21.2. The molecule has 0 spiro atoms. The van der Waals surface area contributed by atoms with Crippen molar-refractivity contribution < 1.29 is 30.8 Å². The van der Waals surface area contributed by atoms with Gasteiger partial charge in [-0.3, -0.25) is 0 Å². The second kappa shape index (κ2) is 6.63. The molecule has 0 amide bonds. The van der Waals surface area contributed by atoms with Crippen LogP contribution in [0.2, 0.25) is 0 Å². The molecule has 160 valence electrons. The van der Waals surface area contributed by atoms with E-state index in [1.807, 2.05) is 19.1 Å². The summed E-state index contributed by atoms with van der Waals surface area (Å²) in [4.78, 5) is 0. The maximum absolute atomic E-state index is 11.5. The fourth-order valence-corrected chi connectivity index (χ4v) is 7.16. The smallest absolute Gasteiger partial charge is 0.140 e. The first kappa shape index (κ1) is 20.5. The van der Waals surface area contributed by atoms with E-state index < -0.39 is 35.2 Å². The van der Waals surface area contributed by atoms with E-state index in [2.05, 4.69) is 17.2 Å². The number of allylic oxidation sites excluding steroid dienone is 4. The van der Waals surface area contributed by atoms with Crippen LogP contribution >= 0.6 is 0 Å². The zero-order valence-electron chi connectivity index (χ0n) is 16.7. The van der Waals surface area contributed by atoms with Gasteiger partial charge in [0.25, 0.3) is 0 Å². The van der Waals surface area contributed by atoms with Crippen LogP contribution in [0.25, 0.3) is 0 Å². The molecule has 29 heavy (non-hydrogen) atoms. The molecule has 0 aliphatic heterocycles. The van der Waals surface area contributed by atoms with Crippen molar-refractivity contribution in [3.63, 3.8) is 0 Å². The molecule has 8 atom stereocenters. The van der Waals surface area contributed by atoms with Crippen LogP contribution in [0.1, 0.15) is 39.5 Å². The molecule has 0 aromatic heterocycles. The molecular weight excluding hydrogens is 376 g/mol. The van der Waals surface area contributed by atoms with Gasteiger partial charge in [0.05, 0.1) is 18.8 Å². The van der Waals surface area contributed by atoms with E-state index >= 15 is 0 Å². The van der Waals surface area contributed by atoms with Gasteiger partial charge in [-0.15, -0.1) is 0 Å². The van der Waals surface area contributed by atoms with Crippen molar-refractivity contribution >= 4 is 11.4 Å². The van der Waals surface area contributed by atoms with Crippen LogP contribution in [0.15, 0.2) is 34.1 Å². The Labute approximate surface area is 169 Å². The van der Waals surface area contributed by atoms with E-state index in [9.17, 15) is 25.6 Å². The Bertz CT molecular complexity index is 822. The lowest BCUT2D eigenvalue weighted by molar-refractivity contribution is -0.153.